The van der Waals surface area contributed by atoms with E-state index in [1.165, 1.54) is 12.1 Å². The van der Waals surface area contributed by atoms with E-state index in [0.717, 1.165) is 11.1 Å². The van der Waals surface area contributed by atoms with Gasteiger partial charge in [-0.25, -0.2) is 9.07 Å². The van der Waals surface area contributed by atoms with E-state index in [9.17, 15) is 9.18 Å². The van der Waals surface area contributed by atoms with Gasteiger partial charge in [-0.05, 0) is 35.4 Å². The van der Waals surface area contributed by atoms with Gasteiger partial charge in [0, 0.05) is 24.7 Å². The minimum atomic E-state index is -0.306. The second-order valence-corrected chi connectivity index (χ2v) is 7.14. The molecule has 0 saturated carbocycles. The van der Waals surface area contributed by atoms with E-state index in [1.54, 1.807) is 27.9 Å². The van der Waals surface area contributed by atoms with Gasteiger partial charge in [0.2, 0.25) is 0 Å². The average Bonchev–Trinajstić information content (AvgIpc) is 3.16. The summed E-state index contributed by atoms with van der Waals surface area (Å²) in [4.78, 5) is 14.9. The largest absolute Gasteiger partial charge is 0.328 e. The molecule has 1 fully saturated rings. The van der Waals surface area contributed by atoms with Crippen molar-refractivity contribution >= 4 is 17.5 Å². The number of rotatable bonds is 4. The number of halogens is 2. The van der Waals surface area contributed by atoms with Crippen molar-refractivity contribution in [2.75, 3.05) is 19.6 Å². The summed E-state index contributed by atoms with van der Waals surface area (Å²) in [5.74, 6) is -0.490. The van der Waals surface area contributed by atoms with Gasteiger partial charge in [0.05, 0.1) is 18.8 Å². The molecule has 2 heterocycles. The van der Waals surface area contributed by atoms with Crippen LogP contribution < -0.4 is 5.32 Å². The van der Waals surface area contributed by atoms with E-state index in [4.69, 9.17) is 11.6 Å². The smallest absolute Gasteiger partial charge is 0.276 e. The highest BCUT2D eigenvalue weighted by Crippen LogP contribution is 2.26. The molecule has 0 radical (unpaired) electrons. The summed E-state index contributed by atoms with van der Waals surface area (Å²) in [5.41, 5.74) is 1.99. The van der Waals surface area contributed by atoms with E-state index in [1.807, 2.05) is 24.3 Å². The van der Waals surface area contributed by atoms with Crippen LogP contribution in [0.15, 0.2) is 54.7 Å². The molecular formula is C20H19ClFN5O. The number of nitrogens with zero attached hydrogens (tertiary/aromatic N) is 4. The normalized spacial score (nSPS) is 16.9. The highest BCUT2D eigenvalue weighted by molar-refractivity contribution is 6.30. The Kier molecular flexibility index (Phi) is 5.36. The third-order valence-electron chi connectivity index (χ3n) is 4.73. The maximum atomic E-state index is 13.4. The van der Waals surface area contributed by atoms with Gasteiger partial charge in [0.1, 0.15) is 5.82 Å². The SMILES string of the molecule is O=C(c1cn(Cc2cccc(F)c2)nn1)N1CCNCC1c1cccc(Cl)c1. The lowest BCUT2D eigenvalue weighted by Gasteiger charge is -2.36. The van der Waals surface area contributed by atoms with Crippen molar-refractivity contribution < 1.29 is 9.18 Å². The van der Waals surface area contributed by atoms with Crippen LogP contribution >= 0.6 is 11.6 Å². The number of hydrogen-bond acceptors (Lipinski definition) is 4. The molecule has 1 atom stereocenters. The Morgan fingerprint density at radius 2 is 2.11 bits per heavy atom. The zero-order valence-electron chi connectivity index (χ0n) is 15.1. The van der Waals surface area contributed by atoms with Gasteiger partial charge in [-0.3, -0.25) is 4.79 Å². The first-order valence-electron chi connectivity index (χ1n) is 9.02. The fourth-order valence-electron chi connectivity index (χ4n) is 3.40. The highest BCUT2D eigenvalue weighted by Gasteiger charge is 2.30. The van der Waals surface area contributed by atoms with E-state index in [0.29, 0.717) is 31.2 Å². The van der Waals surface area contributed by atoms with Crippen LogP contribution in [0.25, 0.3) is 0 Å². The van der Waals surface area contributed by atoms with Gasteiger partial charge in [0.15, 0.2) is 5.69 Å². The van der Waals surface area contributed by atoms with Crippen LogP contribution in [0.1, 0.15) is 27.7 Å². The molecule has 28 heavy (non-hydrogen) atoms. The fraction of sp³-hybridized carbons (Fsp3) is 0.250. The number of nitrogens with one attached hydrogen (secondary N) is 1. The van der Waals surface area contributed by atoms with Crippen LogP contribution in [0.3, 0.4) is 0 Å². The lowest BCUT2D eigenvalue weighted by atomic mass is 10.0. The molecule has 1 amide bonds. The standard InChI is InChI=1S/C20H19ClFN5O/c21-16-5-2-4-15(10-16)19-11-23-7-8-27(19)20(28)18-13-26(25-24-18)12-14-3-1-6-17(22)9-14/h1-6,9-10,13,19,23H,7-8,11-12H2. The molecule has 1 saturated heterocycles. The molecule has 144 valence electrons. The maximum Gasteiger partial charge on any atom is 0.276 e. The quantitative estimate of drug-likeness (QED) is 0.732. The van der Waals surface area contributed by atoms with Gasteiger partial charge >= 0.3 is 0 Å². The van der Waals surface area contributed by atoms with E-state index in [2.05, 4.69) is 15.6 Å². The van der Waals surface area contributed by atoms with Crippen LogP contribution in [-0.4, -0.2) is 45.4 Å². The molecule has 1 aromatic heterocycles. The molecule has 0 aliphatic carbocycles. The summed E-state index contributed by atoms with van der Waals surface area (Å²) in [6.45, 7) is 2.26. The number of hydrogen-bond donors (Lipinski definition) is 1. The van der Waals surface area contributed by atoms with Crippen molar-refractivity contribution in [3.63, 3.8) is 0 Å². The van der Waals surface area contributed by atoms with Crippen LogP contribution in [-0.2, 0) is 6.54 Å². The second-order valence-electron chi connectivity index (χ2n) is 6.70. The predicted octanol–water partition coefficient (Wildman–Crippen LogP) is 2.91. The number of piperazine rings is 1. The van der Waals surface area contributed by atoms with Gasteiger partial charge in [0.25, 0.3) is 5.91 Å². The topological polar surface area (TPSA) is 63.1 Å². The van der Waals surface area contributed by atoms with Crippen LogP contribution in [0, 0.1) is 5.82 Å². The second kappa shape index (κ2) is 8.08. The minimum absolute atomic E-state index is 0.131. The Morgan fingerprint density at radius 3 is 2.93 bits per heavy atom. The predicted molar refractivity (Wildman–Crippen MR) is 104 cm³/mol. The van der Waals surface area contributed by atoms with Crippen LogP contribution in [0.4, 0.5) is 4.39 Å². The molecule has 2 aromatic carbocycles. The van der Waals surface area contributed by atoms with E-state index in [-0.39, 0.29) is 23.5 Å². The molecule has 1 aliphatic heterocycles. The summed E-state index contributed by atoms with van der Waals surface area (Å²) in [6.07, 6.45) is 1.60. The minimum Gasteiger partial charge on any atom is -0.328 e. The summed E-state index contributed by atoms with van der Waals surface area (Å²) >= 11 is 6.12. The first kappa shape index (κ1) is 18.6. The fourth-order valence-corrected chi connectivity index (χ4v) is 3.60. The Bertz CT molecular complexity index is 992. The molecule has 1 aliphatic rings. The number of carbonyl (C=O) groups is 1. The van der Waals surface area contributed by atoms with Gasteiger partial charge in [-0.15, -0.1) is 5.10 Å². The molecule has 1 N–H and O–H groups in total. The molecule has 6 nitrogen and oxygen atoms in total. The van der Waals surface area contributed by atoms with Gasteiger partial charge < -0.3 is 10.2 Å². The monoisotopic (exact) mass is 399 g/mol. The molecule has 0 spiro atoms. The zero-order chi connectivity index (χ0) is 19.5. The molecule has 4 rings (SSSR count). The van der Waals surface area contributed by atoms with Gasteiger partial charge in [-0.2, -0.15) is 0 Å². The molecular weight excluding hydrogens is 381 g/mol. The van der Waals surface area contributed by atoms with Crippen molar-refractivity contribution in [3.8, 4) is 0 Å². The molecule has 8 heteroatoms. The van der Waals surface area contributed by atoms with Crippen molar-refractivity contribution in [1.29, 1.82) is 0 Å². The first-order chi connectivity index (χ1) is 13.6. The van der Waals surface area contributed by atoms with Crippen molar-refractivity contribution in [3.05, 3.63) is 82.4 Å². The zero-order valence-corrected chi connectivity index (χ0v) is 15.8. The number of aromatic nitrogens is 3. The third-order valence-corrected chi connectivity index (χ3v) is 4.96. The number of amides is 1. The van der Waals surface area contributed by atoms with Crippen LogP contribution in [0.5, 0.6) is 0 Å². The summed E-state index contributed by atoms with van der Waals surface area (Å²) < 4.78 is 14.9. The highest BCUT2D eigenvalue weighted by atomic mass is 35.5. The Balaban J connectivity index is 1.53. The first-order valence-corrected chi connectivity index (χ1v) is 9.40. The Morgan fingerprint density at radius 1 is 1.25 bits per heavy atom. The number of carbonyl (C=O) groups excluding carboxylic acids is 1. The summed E-state index contributed by atoms with van der Waals surface area (Å²) in [6, 6.07) is 13.7. The van der Waals surface area contributed by atoms with Gasteiger partial charge in [-0.1, -0.05) is 41.1 Å². The van der Waals surface area contributed by atoms with E-state index >= 15 is 0 Å². The molecule has 0 bridgehead atoms. The lowest BCUT2D eigenvalue weighted by molar-refractivity contribution is 0.0628. The lowest BCUT2D eigenvalue weighted by Crippen LogP contribution is -2.48. The molecule has 3 aromatic rings. The average molecular weight is 400 g/mol. The summed E-state index contributed by atoms with van der Waals surface area (Å²) in [5, 5.41) is 12.0. The van der Waals surface area contributed by atoms with E-state index < -0.39 is 0 Å². The van der Waals surface area contributed by atoms with Crippen LogP contribution in [0.2, 0.25) is 5.02 Å². The Labute approximate surface area is 166 Å². The van der Waals surface area contributed by atoms with Crippen molar-refractivity contribution in [1.82, 2.24) is 25.2 Å². The van der Waals surface area contributed by atoms with Crippen molar-refractivity contribution in [2.24, 2.45) is 0 Å². The number of benzene rings is 2. The summed E-state index contributed by atoms with van der Waals surface area (Å²) in [7, 11) is 0. The third kappa shape index (κ3) is 4.05. The Hall–Kier alpha value is -2.77. The maximum absolute atomic E-state index is 13.4. The van der Waals surface area contributed by atoms with Crippen molar-refractivity contribution in [2.45, 2.75) is 12.6 Å². The molecule has 1 unspecified atom stereocenters.